The lowest BCUT2D eigenvalue weighted by molar-refractivity contribution is -0.385. The number of hydrogen-bond donors (Lipinski definition) is 3. The number of nitro benzene ring substituents is 1. The van der Waals surface area contributed by atoms with Gasteiger partial charge in [0.05, 0.1) is 16.2 Å². The van der Waals surface area contributed by atoms with Gasteiger partial charge in [0.1, 0.15) is 5.75 Å². The van der Waals surface area contributed by atoms with Crippen molar-refractivity contribution >= 4 is 23.0 Å². The fourth-order valence-electron chi connectivity index (χ4n) is 3.11. The third kappa shape index (κ3) is 3.07. The molecule has 0 saturated heterocycles. The minimum absolute atomic E-state index is 0.157. The van der Waals surface area contributed by atoms with Gasteiger partial charge < -0.3 is 10.4 Å². The van der Waals surface area contributed by atoms with Crippen molar-refractivity contribution in [1.82, 2.24) is 5.01 Å². The highest BCUT2D eigenvalue weighted by Gasteiger charge is 2.35. The average Bonchev–Trinajstić information content (AvgIpc) is 2.71. The molecule has 1 heterocycles. The topological polar surface area (TPSA) is 108 Å². The van der Waals surface area contributed by atoms with Gasteiger partial charge >= 0.3 is 0 Å². The molecule has 4 rings (SSSR count). The van der Waals surface area contributed by atoms with Crippen molar-refractivity contribution in [3.05, 3.63) is 94.0 Å². The molecule has 0 spiro atoms. The molecule has 1 unspecified atom stereocenters. The minimum Gasteiger partial charge on any atom is -0.508 e. The summed E-state index contributed by atoms with van der Waals surface area (Å²) in [5, 5.41) is 26.0. The van der Waals surface area contributed by atoms with Gasteiger partial charge in [0.15, 0.2) is 6.17 Å². The third-order valence-corrected chi connectivity index (χ3v) is 4.47. The van der Waals surface area contributed by atoms with Crippen LogP contribution in [0.5, 0.6) is 5.75 Å². The van der Waals surface area contributed by atoms with Crippen molar-refractivity contribution in [3.8, 4) is 5.75 Å². The van der Waals surface area contributed by atoms with Gasteiger partial charge in [-0.05, 0) is 30.3 Å². The molecule has 3 N–H and O–H groups in total. The maximum absolute atomic E-state index is 13.1. The fourth-order valence-corrected chi connectivity index (χ4v) is 3.11. The van der Waals surface area contributed by atoms with E-state index in [0.717, 1.165) is 0 Å². The maximum Gasteiger partial charge on any atom is 0.276 e. The molecule has 0 saturated carbocycles. The molecular formula is C20H16N4O4. The van der Waals surface area contributed by atoms with Crippen LogP contribution in [-0.4, -0.2) is 20.9 Å². The first kappa shape index (κ1) is 17.3. The molecule has 1 aliphatic heterocycles. The molecule has 0 aromatic heterocycles. The quantitative estimate of drug-likeness (QED) is 0.471. The van der Waals surface area contributed by atoms with E-state index < -0.39 is 11.1 Å². The van der Waals surface area contributed by atoms with E-state index in [9.17, 15) is 20.0 Å². The van der Waals surface area contributed by atoms with Crippen LogP contribution in [0, 0.1) is 10.1 Å². The van der Waals surface area contributed by atoms with Gasteiger partial charge in [0, 0.05) is 23.4 Å². The summed E-state index contributed by atoms with van der Waals surface area (Å²) in [7, 11) is 0. The molecule has 1 atom stereocenters. The molecule has 0 radical (unpaired) electrons. The number of aromatic hydroxyl groups is 1. The molecule has 1 aliphatic rings. The smallest absolute Gasteiger partial charge is 0.276 e. The van der Waals surface area contributed by atoms with Crippen LogP contribution in [0.4, 0.5) is 17.1 Å². The third-order valence-electron chi connectivity index (χ3n) is 4.47. The average molecular weight is 376 g/mol. The summed E-state index contributed by atoms with van der Waals surface area (Å²) in [5.41, 5.74) is 4.75. The van der Waals surface area contributed by atoms with E-state index in [4.69, 9.17) is 0 Å². The number of hydrazine groups is 1. The number of anilines is 2. The summed E-state index contributed by atoms with van der Waals surface area (Å²) in [5.74, 6) is -0.482. The number of amides is 1. The Morgan fingerprint density at radius 2 is 1.75 bits per heavy atom. The fraction of sp³-hybridized carbons (Fsp3) is 0.0500. The molecule has 8 nitrogen and oxygen atoms in total. The summed E-state index contributed by atoms with van der Waals surface area (Å²) < 4.78 is 0. The Kier molecular flexibility index (Phi) is 4.29. The normalized spacial score (nSPS) is 15.5. The number of phenolic OH excluding ortho intramolecular Hbond substituents is 1. The van der Waals surface area contributed by atoms with Gasteiger partial charge in [-0.25, -0.2) is 5.01 Å². The van der Waals surface area contributed by atoms with Crippen LogP contribution in [0.3, 0.4) is 0 Å². The second kappa shape index (κ2) is 6.92. The van der Waals surface area contributed by atoms with Crippen LogP contribution < -0.4 is 10.7 Å². The van der Waals surface area contributed by atoms with Crippen molar-refractivity contribution in [2.75, 3.05) is 10.7 Å². The Morgan fingerprint density at radius 3 is 2.50 bits per heavy atom. The van der Waals surface area contributed by atoms with E-state index in [1.807, 2.05) is 18.2 Å². The second-order valence-electron chi connectivity index (χ2n) is 6.25. The van der Waals surface area contributed by atoms with Crippen LogP contribution in [0.2, 0.25) is 0 Å². The van der Waals surface area contributed by atoms with E-state index in [1.54, 1.807) is 36.4 Å². The molecular weight excluding hydrogens is 360 g/mol. The number of fused-ring (bicyclic) bond motifs is 1. The summed E-state index contributed by atoms with van der Waals surface area (Å²) in [4.78, 5) is 23.8. The first-order valence-corrected chi connectivity index (χ1v) is 8.53. The first-order valence-electron chi connectivity index (χ1n) is 8.53. The molecule has 1 amide bonds. The van der Waals surface area contributed by atoms with Gasteiger partial charge in [-0.1, -0.05) is 30.3 Å². The lowest BCUT2D eigenvalue weighted by Gasteiger charge is -2.38. The highest BCUT2D eigenvalue weighted by Crippen LogP contribution is 2.37. The lowest BCUT2D eigenvalue weighted by atomic mass is 10.0. The predicted octanol–water partition coefficient (Wildman–Crippen LogP) is 3.89. The van der Waals surface area contributed by atoms with E-state index in [0.29, 0.717) is 16.9 Å². The Labute approximate surface area is 160 Å². The van der Waals surface area contributed by atoms with Crippen LogP contribution in [0.1, 0.15) is 22.1 Å². The molecule has 0 bridgehead atoms. The molecule has 28 heavy (non-hydrogen) atoms. The molecule has 3 aromatic carbocycles. The Bertz CT molecular complexity index is 1060. The summed E-state index contributed by atoms with van der Waals surface area (Å²) in [6, 6.07) is 19.8. The molecule has 140 valence electrons. The highest BCUT2D eigenvalue weighted by molar-refractivity contribution is 6.02. The van der Waals surface area contributed by atoms with E-state index in [1.165, 1.54) is 23.2 Å². The molecule has 0 fully saturated rings. The maximum atomic E-state index is 13.1. The zero-order valence-corrected chi connectivity index (χ0v) is 14.6. The van der Waals surface area contributed by atoms with E-state index >= 15 is 0 Å². The number of para-hydroxylation sites is 2. The van der Waals surface area contributed by atoms with Gasteiger partial charge in [0.25, 0.3) is 11.6 Å². The zero-order valence-electron chi connectivity index (χ0n) is 14.6. The standard InChI is InChI=1S/C20H16N4O4/c25-18-11-10-14(24(27)28)12-16(18)19-21-17-9-5-4-8-15(17)20(26)23(19)22-13-6-2-1-3-7-13/h1-12,19,21-22,25H. The number of rotatable bonds is 4. The van der Waals surface area contributed by atoms with Crippen molar-refractivity contribution < 1.29 is 14.8 Å². The van der Waals surface area contributed by atoms with Crippen molar-refractivity contribution in [2.24, 2.45) is 0 Å². The molecule has 8 heteroatoms. The van der Waals surface area contributed by atoms with Gasteiger partial charge in [-0.15, -0.1) is 0 Å². The number of nitrogens with one attached hydrogen (secondary N) is 2. The van der Waals surface area contributed by atoms with E-state index in [-0.39, 0.29) is 22.9 Å². The summed E-state index contributed by atoms with van der Waals surface area (Å²) >= 11 is 0. The molecule has 3 aromatic rings. The first-order chi connectivity index (χ1) is 13.5. The number of nitro groups is 1. The predicted molar refractivity (Wildman–Crippen MR) is 104 cm³/mol. The van der Waals surface area contributed by atoms with E-state index in [2.05, 4.69) is 10.7 Å². The lowest BCUT2D eigenvalue weighted by Crippen LogP contribution is -2.46. The highest BCUT2D eigenvalue weighted by atomic mass is 16.6. The van der Waals surface area contributed by atoms with Crippen LogP contribution in [0.15, 0.2) is 72.8 Å². The van der Waals surface area contributed by atoms with Crippen molar-refractivity contribution in [1.29, 1.82) is 0 Å². The number of nitrogens with zero attached hydrogens (tertiary/aromatic N) is 2. The number of benzene rings is 3. The monoisotopic (exact) mass is 376 g/mol. The number of non-ortho nitro benzene ring substituents is 1. The number of carbonyl (C=O) groups excluding carboxylic acids is 1. The van der Waals surface area contributed by atoms with Crippen LogP contribution in [-0.2, 0) is 0 Å². The zero-order chi connectivity index (χ0) is 19.7. The molecule has 0 aliphatic carbocycles. The second-order valence-corrected chi connectivity index (χ2v) is 6.25. The Morgan fingerprint density at radius 1 is 1.04 bits per heavy atom. The van der Waals surface area contributed by atoms with Crippen molar-refractivity contribution in [3.63, 3.8) is 0 Å². The van der Waals surface area contributed by atoms with Crippen LogP contribution in [0.25, 0.3) is 0 Å². The summed E-state index contributed by atoms with van der Waals surface area (Å²) in [6.45, 7) is 0. The van der Waals surface area contributed by atoms with Gasteiger partial charge in [0.2, 0.25) is 0 Å². The van der Waals surface area contributed by atoms with Gasteiger partial charge in [-0.2, -0.15) is 0 Å². The SMILES string of the molecule is O=C1c2ccccc2NC(c2cc([N+](=O)[O-])ccc2O)N1Nc1ccccc1. The van der Waals surface area contributed by atoms with Crippen LogP contribution >= 0.6 is 0 Å². The Balaban J connectivity index is 1.82. The number of carbonyl (C=O) groups is 1. The summed E-state index contributed by atoms with van der Waals surface area (Å²) in [6.07, 6.45) is -0.859. The Hall–Kier alpha value is -4.07. The minimum atomic E-state index is -0.859. The largest absolute Gasteiger partial charge is 0.508 e. The number of phenols is 1. The number of hydrogen-bond acceptors (Lipinski definition) is 6. The van der Waals surface area contributed by atoms with Crippen molar-refractivity contribution in [2.45, 2.75) is 6.17 Å². The van der Waals surface area contributed by atoms with Gasteiger partial charge in [-0.3, -0.25) is 20.3 Å².